The van der Waals surface area contributed by atoms with Gasteiger partial charge in [-0.3, -0.25) is 4.98 Å². The number of hydrogen-bond donors (Lipinski definition) is 1. The number of nitrogens with zero attached hydrogens (tertiary/aromatic N) is 1. The second-order valence-corrected chi connectivity index (χ2v) is 4.35. The lowest BCUT2D eigenvalue weighted by Gasteiger charge is -2.13. The van der Waals surface area contributed by atoms with Crippen LogP contribution in [-0.2, 0) is 0 Å². The molecule has 0 aliphatic carbocycles. The van der Waals surface area contributed by atoms with Crippen LogP contribution >= 0.6 is 0 Å². The van der Waals surface area contributed by atoms with Crippen LogP contribution in [0.4, 0.5) is 8.78 Å². The van der Waals surface area contributed by atoms with Crippen LogP contribution in [0.25, 0.3) is 0 Å². The molecule has 1 N–H and O–H groups in total. The van der Waals surface area contributed by atoms with Gasteiger partial charge in [-0.05, 0) is 37.7 Å². The Morgan fingerprint density at radius 1 is 1.25 bits per heavy atom. The van der Waals surface area contributed by atoms with Gasteiger partial charge in [0, 0.05) is 12.1 Å². The summed E-state index contributed by atoms with van der Waals surface area (Å²) in [5, 5.41) is 3.14. The van der Waals surface area contributed by atoms with Gasteiger partial charge in [-0.1, -0.05) is 6.92 Å². The van der Waals surface area contributed by atoms with E-state index in [4.69, 9.17) is 4.74 Å². The third-order valence-corrected chi connectivity index (χ3v) is 2.99. The Morgan fingerprint density at radius 2 is 2.05 bits per heavy atom. The molecule has 0 bridgehead atoms. The first kappa shape index (κ1) is 14.4. The molecule has 0 aliphatic heterocycles. The predicted octanol–water partition coefficient (Wildman–Crippen LogP) is 3.82. The normalized spacial score (nSPS) is 12.2. The molecule has 5 heteroatoms. The van der Waals surface area contributed by atoms with Crippen molar-refractivity contribution in [2.45, 2.75) is 19.4 Å². The van der Waals surface area contributed by atoms with Gasteiger partial charge in [-0.15, -0.1) is 0 Å². The van der Waals surface area contributed by atoms with E-state index in [0.717, 1.165) is 30.3 Å². The summed E-state index contributed by atoms with van der Waals surface area (Å²) in [6, 6.07) is 6.73. The fraction of sp³-hybridized carbons (Fsp3) is 0.267. The van der Waals surface area contributed by atoms with Crippen LogP contribution in [0.5, 0.6) is 11.5 Å². The lowest BCUT2D eigenvalue weighted by Crippen LogP contribution is -2.16. The molecule has 1 aromatic carbocycles. The van der Waals surface area contributed by atoms with E-state index < -0.39 is 11.6 Å². The van der Waals surface area contributed by atoms with Gasteiger partial charge in [-0.25, -0.2) is 8.78 Å². The zero-order valence-corrected chi connectivity index (χ0v) is 11.4. The Bertz CT molecular complexity index is 569. The van der Waals surface area contributed by atoms with Crippen LogP contribution in [0.3, 0.4) is 0 Å². The Morgan fingerprint density at radius 3 is 2.65 bits per heavy atom. The van der Waals surface area contributed by atoms with Gasteiger partial charge in [0.1, 0.15) is 11.6 Å². The Kier molecular flexibility index (Phi) is 4.63. The maximum absolute atomic E-state index is 13.4. The van der Waals surface area contributed by atoms with Crippen LogP contribution < -0.4 is 10.1 Å². The number of halogens is 2. The lowest BCUT2D eigenvalue weighted by molar-refractivity contribution is 0.433. The maximum Gasteiger partial charge on any atom is 0.166 e. The van der Waals surface area contributed by atoms with E-state index in [0.29, 0.717) is 5.75 Å². The molecule has 0 saturated carbocycles. The highest BCUT2D eigenvalue weighted by molar-refractivity contribution is 5.31. The van der Waals surface area contributed by atoms with Crippen LogP contribution in [0.15, 0.2) is 36.5 Å². The molecular weight excluding hydrogens is 262 g/mol. The van der Waals surface area contributed by atoms with E-state index in [9.17, 15) is 8.78 Å². The van der Waals surface area contributed by atoms with Gasteiger partial charge in [0.05, 0.1) is 11.9 Å². The molecule has 2 aromatic rings. The van der Waals surface area contributed by atoms with Crippen molar-refractivity contribution >= 4 is 0 Å². The fourth-order valence-corrected chi connectivity index (χ4v) is 1.90. The van der Waals surface area contributed by atoms with Gasteiger partial charge in [-0.2, -0.15) is 0 Å². The molecule has 1 heterocycles. The molecular formula is C15H16F2N2O. The zero-order chi connectivity index (χ0) is 14.5. The van der Waals surface area contributed by atoms with Gasteiger partial charge >= 0.3 is 0 Å². The maximum atomic E-state index is 13.4. The molecule has 0 fully saturated rings. The third kappa shape index (κ3) is 3.30. The minimum absolute atomic E-state index is 0.153. The number of pyridine rings is 1. The number of rotatable bonds is 5. The van der Waals surface area contributed by atoms with E-state index in [-0.39, 0.29) is 11.8 Å². The average molecular weight is 278 g/mol. The smallest absolute Gasteiger partial charge is 0.166 e. The molecule has 1 aromatic heterocycles. The summed E-state index contributed by atoms with van der Waals surface area (Å²) < 4.78 is 31.8. The van der Waals surface area contributed by atoms with Crippen LogP contribution in [-0.4, -0.2) is 12.0 Å². The predicted molar refractivity (Wildman–Crippen MR) is 72.8 cm³/mol. The summed E-state index contributed by atoms with van der Waals surface area (Å²) >= 11 is 0. The summed E-state index contributed by atoms with van der Waals surface area (Å²) in [6.45, 7) is 2.05. The highest BCUT2D eigenvalue weighted by Gasteiger charge is 2.10. The highest BCUT2D eigenvalue weighted by atomic mass is 19.1. The first-order chi connectivity index (χ1) is 9.63. The van der Waals surface area contributed by atoms with E-state index >= 15 is 0 Å². The van der Waals surface area contributed by atoms with E-state index in [1.165, 1.54) is 6.20 Å². The first-order valence-corrected chi connectivity index (χ1v) is 6.40. The summed E-state index contributed by atoms with van der Waals surface area (Å²) in [5.74, 6) is -0.950. The van der Waals surface area contributed by atoms with Crippen molar-refractivity contribution in [3.05, 3.63) is 53.9 Å². The van der Waals surface area contributed by atoms with Crippen molar-refractivity contribution in [2.75, 3.05) is 7.05 Å². The van der Waals surface area contributed by atoms with Crippen molar-refractivity contribution in [3.8, 4) is 11.5 Å². The minimum atomic E-state index is -0.614. The number of ether oxygens (including phenoxy) is 1. The van der Waals surface area contributed by atoms with Gasteiger partial charge < -0.3 is 10.1 Å². The van der Waals surface area contributed by atoms with Crippen molar-refractivity contribution in [2.24, 2.45) is 0 Å². The monoisotopic (exact) mass is 278 g/mol. The number of nitrogens with one attached hydrogen (secondary N) is 1. The fourth-order valence-electron chi connectivity index (χ4n) is 1.90. The molecule has 0 amide bonds. The molecule has 0 radical (unpaired) electrons. The standard InChI is InChI=1S/C15H16F2N2O/c1-3-13(18-2)14-7-5-11(9-19-14)20-15-8-10(16)4-6-12(15)17/h4-9,13,18H,3H2,1-2H3. The summed E-state index contributed by atoms with van der Waals surface area (Å²) in [4.78, 5) is 4.27. The Balaban J connectivity index is 2.16. The lowest BCUT2D eigenvalue weighted by atomic mass is 10.1. The second-order valence-electron chi connectivity index (χ2n) is 4.35. The quantitative estimate of drug-likeness (QED) is 0.902. The molecule has 106 valence electrons. The highest BCUT2D eigenvalue weighted by Crippen LogP contribution is 2.25. The van der Waals surface area contributed by atoms with Crippen LogP contribution in [0.2, 0.25) is 0 Å². The van der Waals surface area contributed by atoms with Crippen LogP contribution in [0.1, 0.15) is 25.1 Å². The molecule has 3 nitrogen and oxygen atoms in total. The Hall–Kier alpha value is -2.01. The largest absolute Gasteiger partial charge is 0.453 e. The van der Waals surface area contributed by atoms with Crippen molar-refractivity contribution < 1.29 is 13.5 Å². The molecule has 0 saturated heterocycles. The number of aromatic nitrogens is 1. The van der Waals surface area contributed by atoms with Crippen molar-refractivity contribution in [1.29, 1.82) is 0 Å². The van der Waals surface area contributed by atoms with E-state index in [1.54, 1.807) is 12.1 Å². The first-order valence-electron chi connectivity index (χ1n) is 6.40. The summed E-state index contributed by atoms with van der Waals surface area (Å²) in [6.07, 6.45) is 2.40. The molecule has 20 heavy (non-hydrogen) atoms. The van der Waals surface area contributed by atoms with Crippen molar-refractivity contribution in [1.82, 2.24) is 10.3 Å². The molecule has 2 rings (SSSR count). The second kappa shape index (κ2) is 6.43. The summed E-state index contributed by atoms with van der Waals surface area (Å²) in [7, 11) is 1.86. The van der Waals surface area contributed by atoms with Gasteiger partial charge in [0.25, 0.3) is 0 Å². The topological polar surface area (TPSA) is 34.1 Å². The molecule has 1 unspecified atom stereocenters. The van der Waals surface area contributed by atoms with Gasteiger partial charge in [0.15, 0.2) is 11.6 Å². The average Bonchev–Trinajstić information content (AvgIpc) is 2.46. The van der Waals surface area contributed by atoms with Crippen molar-refractivity contribution in [3.63, 3.8) is 0 Å². The molecule has 0 aliphatic rings. The van der Waals surface area contributed by atoms with Gasteiger partial charge in [0.2, 0.25) is 0 Å². The summed E-state index contributed by atoms with van der Waals surface area (Å²) in [5.41, 5.74) is 0.877. The number of benzene rings is 1. The van der Waals surface area contributed by atoms with Crippen LogP contribution in [0, 0.1) is 11.6 Å². The minimum Gasteiger partial charge on any atom is -0.453 e. The molecule has 0 spiro atoms. The SMILES string of the molecule is CCC(NC)c1ccc(Oc2cc(F)ccc2F)cn1. The van der Waals surface area contributed by atoms with E-state index in [2.05, 4.69) is 17.2 Å². The Labute approximate surface area is 116 Å². The zero-order valence-electron chi connectivity index (χ0n) is 11.4. The number of hydrogen-bond acceptors (Lipinski definition) is 3. The van der Waals surface area contributed by atoms with E-state index in [1.807, 2.05) is 7.05 Å². The molecule has 1 atom stereocenters. The third-order valence-electron chi connectivity index (χ3n) is 2.99.